The Morgan fingerprint density at radius 1 is 0.350 bits per heavy atom. The lowest BCUT2D eigenvalue weighted by molar-refractivity contribution is -0.300. The standard InChI is InChI=1S/C59H107N2O36P3/c1-59(91-32-23-41(65)18-7-3-5-16-39(63)20-9-12-28-89-57-54(75)51(72)48(69)43(96-57)34-93-99(80,81)82,36-86-30-22-40(64)17-6-2-4-15-38(62)19-8-11-27-88-56-53(74)50(71)47(68)42(95-56)33-92-98(77,78)79)37-87-31-24-46(67)61-26-14-25-60-45(66)21-10-13-29-90-58-55(76)52(73)49(70)44(97-58)35-94-100(83,84)85/h42-44,47-58,68-76H,2-37H2,1H3,(H,60,66)(H,61,67)(H2,77,78,79)(H2,80,81,82)(H2,83,84,85). The zero-order valence-electron chi connectivity index (χ0n) is 56.2. The molecule has 584 valence electrons. The maximum Gasteiger partial charge on any atom is 0.469 e. The highest BCUT2D eigenvalue weighted by Gasteiger charge is 2.48. The Labute approximate surface area is 579 Å². The molecular formula is C59H107N2O36P3. The molecule has 3 heterocycles. The van der Waals surface area contributed by atoms with Crippen molar-refractivity contribution in [1.29, 1.82) is 0 Å². The molecular weight excluding hydrogens is 1410 g/mol. The van der Waals surface area contributed by atoms with E-state index < -0.39 is 141 Å². The average molecular weight is 1510 g/mol. The van der Waals surface area contributed by atoms with Crippen molar-refractivity contribution in [3.63, 3.8) is 0 Å². The van der Waals surface area contributed by atoms with Crippen LogP contribution in [0.5, 0.6) is 0 Å². The summed E-state index contributed by atoms with van der Waals surface area (Å²) in [7, 11) is -14.7. The molecule has 0 aromatic carbocycles. The number of hydrogen-bond acceptors (Lipinski definition) is 30. The van der Waals surface area contributed by atoms with Gasteiger partial charge in [0.05, 0.1) is 52.9 Å². The quantitative estimate of drug-likeness (QED) is 0.0233. The SMILES string of the molecule is CC(COCCC(=O)CCCCCC(=O)CCCCOC1OC(COP(=O)(O)O)C(O)C(O)C1O)(COCCC(=O)NCCCNC(=O)CCCCOC1OC(COP(=O)(O)O)C(O)C(O)C1O)OCCC(=O)CCCCCC(=O)CCCCOC1OC(COP(=O)(O)O)C(O)C(O)C1O. The van der Waals surface area contributed by atoms with Crippen molar-refractivity contribution in [3.05, 3.63) is 0 Å². The Bertz CT molecular complexity index is 2420. The van der Waals surface area contributed by atoms with E-state index in [1.165, 1.54) is 0 Å². The largest absolute Gasteiger partial charge is 0.469 e. The van der Waals surface area contributed by atoms with Crippen LogP contribution in [-0.2, 0) is 98.7 Å². The first-order chi connectivity index (χ1) is 47.1. The number of rotatable bonds is 57. The van der Waals surface area contributed by atoms with Gasteiger partial charge in [-0.1, -0.05) is 12.8 Å². The summed E-state index contributed by atoms with van der Waals surface area (Å²) in [6.45, 7) is -0.263. The third-order valence-electron chi connectivity index (χ3n) is 16.0. The molecule has 3 fully saturated rings. The van der Waals surface area contributed by atoms with E-state index in [1.807, 2.05) is 0 Å². The number of phosphoric acid groups is 3. The molecule has 3 aliphatic heterocycles. The van der Waals surface area contributed by atoms with E-state index >= 15 is 0 Å². The number of hydrogen-bond donors (Lipinski definition) is 17. The minimum Gasteiger partial charge on any atom is -0.387 e. The number of unbranched alkanes of at least 4 members (excludes halogenated alkanes) is 7. The Hall–Kier alpha value is -2.77. The molecule has 38 nitrogen and oxygen atoms in total. The van der Waals surface area contributed by atoms with Gasteiger partial charge >= 0.3 is 23.5 Å². The van der Waals surface area contributed by atoms with Crippen molar-refractivity contribution in [3.8, 4) is 0 Å². The molecule has 16 atom stereocenters. The topological polar surface area (TPSA) is 592 Å². The zero-order chi connectivity index (χ0) is 74.5. The van der Waals surface area contributed by atoms with Crippen LogP contribution in [0.15, 0.2) is 0 Å². The van der Waals surface area contributed by atoms with Crippen LogP contribution in [0.1, 0.15) is 155 Å². The summed E-state index contributed by atoms with van der Waals surface area (Å²) in [4.78, 5) is 129. The van der Waals surface area contributed by atoms with Crippen molar-refractivity contribution in [1.82, 2.24) is 10.6 Å². The van der Waals surface area contributed by atoms with E-state index in [0.29, 0.717) is 83.5 Å². The molecule has 0 spiro atoms. The van der Waals surface area contributed by atoms with E-state index in [9.17, 15) is 88.4 Å². The normalized spacial score (nSPS) is 26.6. The van der Waals surface area contributed by atoms with Gasteiger partial charge < -0.3 is 129 Å². The van der Waals surface area contributed by atoms with Crippen molar-refractivity contribution < 1.29 is 174 Å². The molecule has 0 aromatic rings. The van der Waals surface area contributed by atoms with Crippen LogP contribution in [0.4, 0.5) is 0 Å². The maximum atomic E-state index is 12.9. The van der Waals surface area contributed by atoms with Gasteiger partial charge in [0.15, 0.2) is 18.9 Å². The van der Waals surface area contributed by atoms with Crippen LogP contribution in [0, 0.1) is 0 Å². The molecule has 16 unspecified atom stereocenters. The molecule has 0 aliphatic carbocycles. The highest BCUT2D eigenvalue weighted by atomic mass is 31.2. The molecule has 41 heteroatoms. The fourth-order valence-corrected chi connectivity index (χ4v) is 11.3. The summed E-state index contributed by atoms with van der Waals surface area (Å²) in [6.07, 6.45) is -16.1. The van der Waals surface area contributed by atoms with Crippen LogP contribution < -0.4 is 10.6 Å². The van der Waals surface area contributed by atoms with Gasteiger partial charge in [-0.05, 0) is 77.6 Å². The second-order valence-electron chi connectivity index (χ2n) is 24.9. The smallest absolute Gasteiger partial charge is 0.387 e. The van der Waals surface area contributed by atoms with E-state index in [4.69, 9.17) is 72.0 Å². The Balaban J connectivity index is 1.34. The van der Waals surface area contributed by atoms with Gasteiger partial charge in [-0.2, -0.15) is 0 Å². The second kappa shape index (κ2) is 48.4. The molecule has 17 N–H and O–H groups in total. The van der Waals surface area contributed by atoms with E-state index in [2.05, 4.69) is 24.2 Å². The van der Waals surface area contributed by atoms with E-state index in [1.54, 1.807) is 6.92 Å². The third-order valence-corrected chi connectivity index (χ3v) is 17.5. The summed E-state index contributed by atoms with van der Waals surface area (Å²) in [5.41, 5.74) is -1.11. The molecule has 0 radical (unpaired) electrons. The van der Waals surface area contributed by atoms with Crippen LogP contribution in [0.3, 0.4) is 0 Å². The van der Waals surface area contributed by atoms with Gasteiger partial charge in [-0.3, -0.25) is 42.3 Å². The van der Waals surface area contributed by atoms with Gasteiger partial charge in [0, 0.05) is 97.1 Å². The summed E-state index contributed by atoms with van der Waals surface area (Å²) in [6, 6.07) is 0. The summed E-state index contributed by atoms with van der Waals surface area (Å²) in [5.74, 6) is -0.779. The highest BCUT2D eigenvalue weighted by molar-refractivity contribution is 7.46. The van der Waals surface area contributed by atoms with Crippen LogP contribution in [-0.4, -0.2) is 294 Å². The summed E-state index contributed by atoms with van der Waals surface area (Å²) < 4.78 is 96.4. The number of Topliss-reactive ketones (excluding diaryl/α,β-unsaturated/α-hetero) is 4. The number of amides is 2. The Morgan fingerprint density at radius 2 is 0.640 bits per heavy atom. The predicted molar refractivity (Wildman–Crippen MR) is 340 cm³/mol. The lowest BCUT2D eigenvalue weighted by atomic mass is 9.99. The first kappa shape index (κ1) is 91.4. The van der Waals surface area contributed by atoms with Crippen molar-refractivity contribution in [2.45, 2.75) is 252 Å². The van der Waals surface area contributed by atoms with E-state index in [0.717, 1.165) is 0 Å². The second-order valence-corrected chi connectivity index (χ2v) is 28.6. The molecule has 0 saturated carbocycles. The Morgan fingerprint density at radius 3 is 0.980 bits per heavy atom. The lowest BCUT2D eigenvalue weighted by Crippen LogP contribution is -2.59. The number of ether oxygens (including phenoxy) is 9. The molecule has 100 heavy (non-hydrogen) atoms. The number of phosphoric ester groups is 3. The summed E-state index contributed by atoms with van der Waals surface area (Å²) >= 11 is 0. The van der Waals surface area contributed by atoms with Gasteiger partial charge in [-0.15, -0.1) is 0 Å². The van der Waals surface area contributed by atoms with Crippen LogP contribution in [0.25, 0.3) is 0 Å². The minimum absolute atomic E-state index is 0.000581. The maximum absolute atomic E-state index is 12.9. The van der Waals surface area contributed by atoms with E-state index in [-0.39, 0.29) is 165 Å². The number of nitrogens with one attached hydrogen (secondary N) is 2. The number of aliphatic hydroxyl groups is 9. The lowest BCUT2D eigenvalue weighted by Gasteiger charge is -2.40. The minimum atomic E-state index is -4.92. The van der Waals surface area contributed by atoms with Crippen LogP contribution >= 0.6 is 23.5 Å². The van der Waals surface area contributed by atoms with Gasteiger partial charge in [0.25, 0.3) is 0 Å². The highest BCUT2D eigenvalue weighted by Crippen LogP contribution is 2.39. The van der Waals surface area contributed by atoms with Crippen molar-refractivity contribution in [2.24, 2.45) is 0 Å². The van der Waals surface area contributed by atoms with Gasteiger partial charge in [0.1, 0.15) is 102 Å². The monoisotopic (exact) mass is 1510 g/mol. The van der Waals surface area contributed by atoms with Crippen molar-refractivity contribution in [2.75, 3.05) is 85.8 Å². The molecule has 2 amide bonds. The third kappa shape index (κ3) is 39.5. The fourth-order valence-electron chi connectivity index (χ4n) is 10.2. The van der Waals surface area contributed by atoms with Gasteiger partial charge in [-0.25, -0.2) is 13.7 Å². The zero-order valence-corrected chi connectivity index (χ0v) is 58.9. The first-order valence-electron chi connectivity index (χ1n) is 33.5. The molecule has 3 saturated heterocycles. The number of aliphatic hydroxyl groups excluding tert-OH is 9. The molecule has 0 bridgehead atoms. The van der Waals surface area contributed by atoms with Gasteiger partial charge in [0.2, 0.25) is 11.8 Å². The predicted octanol–water partition coefficient (Wildman–Crippen LogP) is -1.92. The summed E-state index contributed by atoms with van der Waals surface area (Å²) in [5, 5.41) is 96.8. The number of carbonyl (C=O) groups is 6. The van der Waals surface area contributed by atoms with Crippen molar-refractivity contribution >= 4 is 58.4 Å². The molecule has 0 aromatic heterocycles. The van der Waals surface area contributed by atoms with Crippen LogP contribution in [0.2, 0.25) is 0 Å². The first-order valence-corrected chi connectivity index (χ1v) is 38.1. The number of ketones is 4. The molecule has 3 rings (SSSR count). The number of carbonyl (C=O) groups excluding carboxylic acids is 6. The Kier molecular flexibility index (Phi) is 44.3. The molecule has 3 aliphatic rings. The average Bonchev–Trinajstić information content (AvgIpc) is 0.830. The fraction of sp³-hybridized carbons (Fsp3) is 0.898.